The zero-order valence-corrected chi connectivity index (χ0v) is 13.1. The van der Waals surface area contributed by atoms with Crippen LogP contribution in [0.25, 0.3) is 0 Å². The lowest BCUT2D eigenvalue weighted by Crippen LogP contribution is -2.14. The fraction of sp³-hybridized carbons (Fsp3) is 0.100. The monoisotopic (exact) mass is 366 g/mol. The van der Waals surface area contributed by atoms with Gasteiger partial charge in [-0.2, -0.15) is 0 Å². The van der Waals surface area contributed by atoms with E-state index in [1.165, 1.54) is 17.4 Å². The van der Waals surface area contributed by atoms with Gasteiger partial charge >= 0.3 is 0 Å². The third kappa shape index (κ3) is 2.85. The normalized spacial score (nSPS) is 11.5. The Bertz CT molecular complexity index is 665. The Hall–Kier alpha value is -0.630. The molecular formula is C10H8BrClN2O2S2. The molecule has 0 spiro atoms. The zero-order valence-electron chi connectivity index (χ0n) is 9.15. The molecule has 0 saturated heterocycles. The summed E-state index contributed by atoms with van der Waals surface area (Å²) >= 11 is 10.3. The molecule has 0 saturated carbocycles. The first-order chi connectivity index (χ1) is 8.40. The number of nitrogens with zero attached hydrogens (tertiary/aromatic N) is 1. The minimum atomic E-state index is -3.74. The van der Waals surface area contributed by atoms with Crippen molar-refractivity contribution in [3.05, 3.63) is 38.8 Å². The van der Waals surface area contributed by atoms with Crippen LogP contribution >= 0.6 is 38.9 Å². The number of halogens is 2. The molecule has 96 valence electrons. The second-order valence-corrected chi connectivity index (χ2v) is 7.19. The number of anilines is 1. The van der Waals surface area contributed by atoms with Gasteiger partial charge in [-0.15, -0.1) is 11.3 Å². The molecule has 0 aliphatic carbocycles. The Labute approximate surface area is 122 Å². The fourth-order valence-corrected chi connectivity index (χ4v) is 4.99. The van der Waals surface area contributed by atoms with Gasteiger partial charge in [0.2, 0.25) is 0 Å². The lowest BCUT2D eigenvalue weighted by Gasteiger charge is -2.08. The number of thiazole rings is 1. The van der Waals surface area contributed by atoms with E-state index in [1.54, 1.807) is 24.4 Å². The van der Waals surface area contributed by atoms with Gasteiger partial charge < -0.3 is 0 Å². The third-order valence-electron chi connectivity index (χ3n) is 2.03. The van der Waals surface area contributed by atoms with Crippen LogP contribution in [-0.4, -0.2) is 13.4 Å². The van der Waals surface area contributed by atoms with E-state index in [1.807, 2.05) is 0 Å². The van der Waals surface area contributed by atoms with Crippen molar-refractivity contribution in [3.63, 3.8) is 0 Å². The van der Waals surface area contributed by atoms with E-state index in [2.05, 4.69) is 25.6 Å². The number of hydrogen-bond acceptors (Lipinski definition) is 4. The molecule has 1 heterocycles. The van der Waals surface area contributed by atoms with Crippen LogP contribution in [0.5, 0.6) is 0 Å². The fourth-order valence-electron chi connectivity index (χ4n) is 1.31. The maximum Gasteiger partial charge on any atom is 0.266 e. The molecular weight excluding hydrogens is 360 g/mol. The maximum absolute atomic E-state index is 12.2. The van der Waals surface area contributed by atoms with Crippen molar-refractivity contribution >= 4 is 54.0 Å². The second kappa shape index (κ2) is 5.16. The molecule has 4 nitrogen and oxygen atoms in total. The predicted octanol–water partition coefficient (Wildman–Crippen LogP) is 3.67. The highest BCUT2D eigenvalue weighted by Crippen LogP contribution is 2.31. The predicted molar refractivity (Wildman–Crippen MR) is 76.8 cm³/mol. The summed E-state index contributed by atoms with van der Waals surface area (Å²) in [4.78, 5) is 4.06. The first kappa shape index (κ1) is 13.8. The molecule has 1 N–H and O–H groups in total. The Balaban J connectivity index is 2.43. The highest BCUT2D eigenvalue weighted by atomic mass is 79.9. The smallest absolute Gasteiger partial charge is 0.255 e. The molecule has 0 fully saturated rings. The third-order valence-corrected chi connectivity index (χ3v) is 5.82. The molecule has 0 bridgehead atoms. The number of nitrogens with one attached hydrogen (secondary N) is 1. The standard InChI is InChI=1S/C10H8BrClN2O2S2/c1-6-5-17-10(13-6)14-18(15,16)9-7(11)3-2-4-8(9)12/h2-5H,1H3,(H,13,14). The lowest BCUT2D eigenvalue weighted by molar-refractivity contribution is 0.601. The Kier molecular flexibility index (Phi) is 3.96. The number of rotatable bonds is 3. The summed E-state index contributed by atoms with van der Waals surface area (Å²) in [5.74, 6) is 0. The lowest BCUT2D eigenvalue weighted by atomic mass is 10.4. The molecule has 18 heavy (non-hydrogen) atoms. The van der Waals surface area contributed by atoms with Crippen LogP contribution in [0.1, 0.15) is 5.69 Å². The summed E-state index contributed by atoms with van der Waals surface area (Å²) in [6.07, 6.45) is 0. The van der Waals surface area contributed by atoms with Crippen molar-refractivity contribution in [1.29, 1.82) is 0 Å². The average Bonchev–Trinajstić information content (AvgIpc) is 2.62. The van der Waals surface area contributed by atoms with Gasteiger partial charge in [0.05, 0.1) is 10.7 Å². The van der Waals surface area contributed by atoms with Crippen molar-refractivity contribution in [2.75, 3.05) is 4.72 Å². The molecule has 2 rings (SSSR count). The van der Waals surface area contributed by atoms with Crippen LogP contribution in [-0.2, 0) is 10.0 Å². The zero-order chi connectivity index (χ0) is 13.3. The van der Waals surface area contributed by atoms with Crippen LogP contribution in [0.3, 0.4) is 0 Å². The summed E-state index contributed by atoms with van der Waals surface area (Å²) in [7, 11) is -3.74. The Morgan fingerprint density at radius 1 is 1.44 bits per heavy atom. The highest BCUT2D eigenvalue weighted by Gasteiger charge is 2.22. The molecule has 1 aromatic heterocycles. The first-order valence-corrected chi connectivity index (χ1v) is 8.32. The van der Waals surface area contributed by atoms with Gasteiger partial charge in [-0.05, 0) is 35.0 Å². The second-order valence-electron chi connectivity index (χ2n) is 3.45. The topological polar surface area (TPSA) is 59.1 Å². The largest absolute Gasteiger partial charge is 0.266 e. The van der Waals surface area contributed by atoms with E-state index in [-0.39, 0.29) is 9.92 Å². The van der Waals surface area contributed by atoms with Gasteiger partial charge in [0, 0.05) is 9.85 Å². The summed E-state index contributed by atoms with van der Waals surface area (Å²) in [6.45, 7) is 1.79. The minimum absolute atomic E-state index is 0.0134. The Morgan fingerprint density at radius 3 is 2.72 bits per heavy atom. The molecule has 8 heteroatoms. The van der Waals surface area contributed by atoms with E-state index < -0.39 is 10.0 Å². The average molecular weight is 368 g/mol. The van der Waals surface area contributed by atoms with E-state index >= 15 is 0 Å². The highest BCUT2D eigenvalue weighted by molar-refractivity contribution is 9.10. The number of sulfonamides is 1. The van der Waals surface area contributed by atoms with Gasteiger partial charge in [0.1, 0.15) is 4.90 Å². The van der Waals surface area contributed by atoms with E-state index in [0.717, 1.165) is 5.69 Å². The molecule has 2 aromatic rings. The molecule has 0 radical (unpaired) electrons. The number of aromatic nitrogens is 1. The van der Waals surface area contributed by atoms with Crippen LogP contribution < -0.4 is 4.72 Å². The van der Waals surface area contributed by atoms with Gasteiger partial charge in [-0.1, -0.05) is 17.7 Å². The minimum Gasteiger partial charge on any atom is -0.255 e. The molecule has 0 atom stereocenters. The van der Waals surface area contributed by atoms with Crippen LogP contribution in [0, 0.1) is 6.92 Å². The van der Waals surface area contributed by atoms with Crippen LogP contribution in [0.2, 0.25) is 5.02 Å². The molecule has 1 aromatic carbocycles. The van der Waals surface area contributed by atoms with Gasteiger partial charge in [-0.25, -0.2) is 13.4 Å². The SMILES string of the molecule is Cc1csc(NS(=O)(=O)c2c(Cl)cccc2Br)n1. The summed E-state index contributed by atoms with van der Waals surface area (Å²) < 4.78 is 27.2. The van der Waals surface area contributed by atoms with Crippen molar-refractivity contribution in [2.45, 2.75) is 11.8 Å². The van der Waals surface area contributed by atoms with Gasteiger partial charge in [0.25, 0.3) is 10.0 Å². The van der Waals surface area contributed by atoms with Crippen molar-refractivity contribution in [3.8, 4) is 0 Å². The summed E-state index contributed by atoms with van der Waals surface area (Å²) in [5, 5.41) is 2.24. The molecule has 0 aliphatic rings. The van der Waals surface area contributed by atoms with Crippen molar-refractivity contribution < 1.29 is 8.42 Å². The number of aryl methyl sites for hydroxylation is 1. The number of benzene rings is 1. The van der Waals surface area contributed by atoms with Gasteiger partial charge in [-0.3, -0.25) is 4.72 Å². The number of hydrogen-bond donors (Lipinski definition) is 1. The Morgan fingerprint density at radius 2 is 2.17 bits per heavy atom. The van der Waals surface area contributed by atoms with E-state index in [0.29, 0.717) is 9.60 Å². The van der Waals surface area contributed by atoms with Crippen LogP contribution in [0.4, 0.5) is 5.13 Å². The summed E-state index contributed by atoms with van der Waals surface area (Å²) in [5.41, 5.74) is 0.760. The van der Waals surface area contributed by atoms with E-state index in [9.17, 15) is 8.42 Å². The molecule has 0 unspecified atom stereocenters. The molecule has 0 aliphatic heterocycles. The van der Waals surface area contributed by atoms with Crippen LogP contribution in [0.15, 0.2) is 32.9 Å². The van der Waals surface area contributed by atoms with Crippen molar-refractivity contribution in [1.82, 2.24) is 4.98 Å². The van der Waals surface area contributed by atoms with E-state index in [4.69, 9.17) is 11.6 Å². The first-order valence-electron chi connectivity index (χ1n) is 4.79. The summed E-state index contributed by atoms with van der Waals surface area (Å²) in [6, 6.07) is 4.81. The van der Waals surface area contributed by atoms with Crippen molar-refractivity contribution in [2.24, 2.45) is 0 Å². The van der Waals surface area contributed by atoms with Gasteiger partial charge in [0.15, 0.2) is 5.13 Å². The molecule has 0 amide bonds. The maximum atomic E-state index is 12.2. The quantitative estimate of drug-likeness (QED) is 0.900.